The third kappa shape index (κ3) is 6.66. The summed E-state index contributed by atoms with van der Waals surface area (Å²) in [6.45, 7) is 8.85. The van der Waals surface area contributed by atoms with Crippen molar-refractivity contribution >= 4 is 29.2 Å². The lowest BCUT2D eigenvalue weighted by Gasteiger charge is -2.39. The first kappa shape index (κ1) is 25.7. The molecule has 0 radical (unpaired) electrons. The predicted octanol–water partition coefficient (Wildman–Crippen LogP) is 7.09. The van der Waals surface area contributed by atoms with E-state index in [0.29, 0.717) is 34.4 Å². The maximum Gasteiger partial charge on any atom is 0.303 e. The molecule has 1 aromatic carbocycles. The van der Waals surface area contributed by atoms with Gasteiger partial charge < -0.3 is 10.4 Å². The second kappa shape index (κ2) is 10.3. The van der Waals surface area contributed by atoms with E-state index < -0.39 is 5.97 Å². The van der Waals surface area contributed by atoms with Crippen LogP contribution < -0.4 is 5.32 Å². The molecule has 1 amide bonds. The Morgan fingerprint density at radius 3 is 2.54 bits per heavy atom. The Morgan fingerprint density at radius 2 is 1.94 bits per heavy atom. The van der Waals surface area contributed by atoms with Gasteiger partial charge in [-0.1, -0.05) is 38.4 Å². The third-order valence-corrected chi connectivity index (χ3v) is 7.57. The number of hydrogen-bond acceptors (Lipinski definition) is 3. The molecule has 0 unspecified atom stereocenters. The van der Waals surface area contributed by atoms with E-state index in [9.17, 15) is 14.7 Å². The lowest BCUT2D eigenvalue weighted by molar-refractivity contribution is -0.137. The van der Waals surface area contributed by atoms with Crippen molar-refractivity contribution in [2.75, 3.05) is 5.32 Å². The molecular weight excluding hydrogens is 462 g/mol. The van der Waals surface area contributed by atoms with Gasteiger partial charge in [-0.05, 0) is 86.0 Å². The fraction of sp³-hybridized carbons (Fsp3) is 0.607. The number of aromatic nitrogens is 2. The van der Waals surface area contributed by atoms with Crippen molar-refractivity contribution in [2.24, 2.45) is 11.3 Å². The number of anilines is 1. The molecule has 2 N–H and O–H groups in total. The van der Waals surface area contributed by atoms with Crippen molar-refractivity contribution in [3.8, 4) is 0 Å². The topological polar surface area (TPSA) is 84.2 Å². The molecule has 0 bridgehead atoms. The first-order chi connectivity index (χ1) is 16.5. The number of nitrogens with zero attached hydrogens (tertiary/aromatic N) is 2. The van der Waals surface area contributed by atoms with Crippen molar-refractivity contribution in [1.82, 2.24) is 9.78 Å². The molecule has 190 valence electrons. The second-order valence-corrected chi connectivity index (χ2v) is 12.2. The molecule has 4 rings (SSSR count). The van der Waals surface area contributed by atoms with E-state index in [2.05, 4.69) is 26.1 Å². The van der Waals surface area contributed by atoms with Gasteiger partial charge in [0.15, 0.2) is 0 Å². The Balaban J connectivity index is 1.51. The minimum Gasteiger partial charge on any atom is -0.481 e. The number of carbonyl (C=O) groups is 2. The summed E-state index contributed by atoms with van der Waals surface area (Å²) >= 11 is 6.31. The number of carbonyl (C=O) groups excluding carboxylic acids is 1. The zero-order valence-corrected chi connectivity index (χ0v) is 22.1. The largest absolute Gasteiger partial charge is 0.481 e. The summed E-state index contributed by atoms with van der Waals surface area (Å²) in [5.41, 5.74) is 4.49. The van der Waals surface area contributed by atoms with Gasteiger partial charge in [0.25, 0.3) is 0 Å². The molecule has 2 fully saturated rings. The Morgan fingerprint density at radius 1 is 1.23 bits per heavy atom. The molecule has 2 aromatic rings. The maximum atomic E-state index is 13.0. The first-order valence-electron chi connectivity index (χ1n) is 12.8. The highest BCUT2D eigenvalue weighted by Crippen LogP contribution is 2.52. The Bertz CT molecular complexity index is 1080. The summed E-state index contributed by atoms with van der Waals surface area (Å²) < 4.78 is 1.99. The first-order valence-corrected chi connectivity index (χ1v) is 13.2. The van der Waals surface area contributed by atoms with Crippen LogP contribution in [0.25, 0.3) is 0 Å². The van der Waals surface area contributed by atoms with E-state index in [1.54, 1.807) is 6.07 Å². The quantitative estimate of drug-likeness (QED) is 0.365. The molecular formula is C28H38ClN3O3. The molecule has 7 heteroatoms. The van der Waals surface area contributed by atoms with Crippen LogP contribution in [-0.2, 0) is 9.59 Å². The van der Waals surface area contributed by atoms with Gasteiger partial charge in [0.1, 0.15) is 0 Å². The van der Waals surface area contributed by atoms with Crippen molar-refractivity contribution in [3.63, 3.8) is 0 Å². The molecule has 6 nitrogen and oxygen atoms in total. The van der Waals surface area contributed by atoms with E-state index in [4.69, 9.17) is 16.7 Å². The molecule has 0 spiro atoms. The van der Waals surface area contributed by atoms with Crippen LogP contribution >= 0.6 is 11.6 Å². The Kier molecular flexibility index (Phi) is 7.60. The summed E-state index contributed by atoms with van der Waals surface area (Å²) in [4.78, 5) is 24.4. The minimum absolute atomic E-state index is 0.000377. The van der Waals surface area contributed by atoms with Crippen LogP contribution in [0.3, 0.4) is 0 Å². The van der Waals surface area contributed by atoms with E-state index in [0.717, 1.165) is 24.3 Å². The van der Waals surface area contributed by atoms with Gasteiger partial charge in [-0.3, -0.25) is 14.3 Å². The van der Waals surface area contributed by atoms with Crippen LogP contribution in [0.2, 0.25) is 5.02 Å². The van der Waals surface area contributed by atoms with Gasteiger partial charge in [0.05, 0.1) is 22.9 Å². The summed E-state index contributed by atoms with van der Waals surface area (Å²) in [6.07, 6.45) is 8.40. The minimum atomic E-state index is -0.860. The SMILES string of the molecule is Cc1ccc(NC(=O)C[C@H](CCC(=O)O)n2ncc(C3CC(CC(C)(C)C)C3)c2C2CC2)c(Cl)c1. The van der Waals surface area contributed by atoms with Crippen molar-refractivity contribution in [2.45, 2.75) is 96.9 Å². The van der Waals surface area contributed by atoms with E-state index in [1.807, 2.05) is 29.9 Å². The summed E-state index contributed by atoms with van der Waals surface area (Å²) in [7, 11) is 0. The van der Waals surface area contributed by atoms with Crippen LogP contribution in [-0.4, -0.2) is 26.8 Å². The average Bonchev–Trinajstić information content (AvgIpc) is 3.47. The summed E-state index contributed by atoms with van der Waals surface area (Å²) in [5.74, 6) is 0.700. The fourth-order valence-electron chi connectivity index (χ4n) is 5.53. The normalized spacial score (nSPS) is 20.8. The molecule has 0 aliphatic heterocycles. The van der Waals surface area contributed by atoms with Gasteiger partial charge >= 0.3 is 5.97 Å². The van der Waals surface area contributed by atoms with Crippen molar-refractivity contribution in [1.29, 1.82) is 0 Å². The van der Waals surface area contributed by atoms with E-state index in [1.165, 1.54) is 30.5 Å². The number of amides is 1. The number of hydrogen-bond donors (Lipinski definition) is 2. The highest BCUT2D eigenvalue weighted by molar-refractivity contribution is 6.33. The van der Waals surface area contributed by atoms with Gasteiger partial charge in [-0.2, -0.15) is 5.10 Å². The Hall–Kier alpha value is -2.34. The third-order valence-electron chi connectivity index (χ3n) is 7.26. The van der Waals surface area contributed by atoms with Crippen LogP contribution in [0.1, 0.15) is 107 Å². The van der Waals surface area contributed by atoms with Crippen LogP contribution in [0.5, 0.6) is 0 Å². The van der Waals surface area contributed by atoms with E-state index in [-0.39, 0.29) is 24.8 Å². The number of rotatable bonds is 10. The molecule has 1 aromatic heterocycles. The van der Waals surface area contributed by atoms with Crippen LogP contribution in [0, 0.1) is 18.3 Å². The summed E-state index contributed by atoms with van der Waals surface area (Å²) in [6, 6.07) is 5.22. The number of aryl methyl sites for hydroxylation is 1. The number of aliphatic carboxylic acids is 1. The number of nitrogens with one attached hydrogen (secondary N) is 1. The highest BCUT2D eigenvalue weighted by atomic mass is 35.5. The number of benzene rings is 1. The predicted molar refractivity (Wildman–Crippen MR) is 139 cm³/mol. The molecule has 35 heavy (non-hydrogen) atoms. The van der Waals surface area contributed by atoms with Crippen molar-refractivity contribution in [3.05, 3.63) is 46.2 Å². The van der Waals surface area contributed by atoms with Crippen molar-refractivity contribution < 1.29 is 14.7 Å². The zero-order valence-electron chi connectivity index (χ0n) is 21.3. The number of carboxylic acid groups (broad SMARTS) is 1. The van der Waals surface area contributed by atoms with Crippen LogP contribution in [0.15, 0.2) is 24.4 Å². The van der Waals surface area contributed by atoms with E-state index >= 15 is 0 Å². The highest BCUT2D eigenvalue weighted by Gasteiger charge is 2.40. The molecule has 2 aliphatic rings. The Labute approximate surface area is 213 Å². The van der Waals surface area contributed by atoms with Gasteiger partial charge in [-0.25, -0.2) is 0 Å². The average molecular weight is 500 g/mol. The maximum absolute atomic E-state index is 13.0. The lowest BCUT2D eigenvalue weighted by Crippen LogP contribution is -2.27. The molecule has 0 saturated heterocycles. The number of carboxylic acids is 1. The fourth-order valence-corrected chi connectivity index (χ4v) is 5.81. The van der Waals surface area contributed by atoms with Gasteiger partial charge in [-0.15, -0.1) is 0 Å². The molecule has 2 aliphatic carbocycles. The molecule has 1 heterocycles. The monoisotopic (exact) mass is 499 g/mol. The van der Waals surface area contributed by atoms with Gasteiger partial charge in [0.2, 0.25) is 5.91 Å². The summed E-state index contributed by atoms with van der Waals surface area (Å²) in [5, 5.41) is 17.5. The standard InChI is InChI=1S/C28H38ClN3O3/c1-17-5-9-24(23(29)11-17)31-25(33)14-21(8-10-26(34)35)32-27(19-6-7-19)22(16-30-32)20-12-18(13-20)15-28(2,3)4/h5,9,11,16,18-21H,6-8,10,12-15H2,1-4H3,(H,31,33)(H,34,35)/t18?,20?,21-/m0/s1. The molecule has 2 saturated carbocycles. The zero-order chi connectivity index (χ0) is 25.3. The second-order valence-electron chi connectivity index (χ2n) is 11.8. The smallest absolute Gasteiger partial charge is 0.303 e. The molecule has 1 atom stereocenters. The number of halogens is 1. The van der Waals surface area contributed by atoms with Crippen LogP contribution in [0.4, 0.5) is 5.69 Å². The van der Waals surface area contributed by atoms with Gasteiger partial charge in [0, 0.05) is 24.5 Å². The lowest BCUT2D eigenvalue weighted by atomic mass is 9.66.